The van der Waals surface area contributed by atoms with Crippen LogP contribution in [0.1, 0.15) is 51.9 Å². The van der Waals surface area contributed by atoms with E-state index < -0.39 is 5.60 Å². The molecule has 0 aromatic heterocycles. The summed E-state index contributed by atoms with van der Waals surface area (Å²) in [6.07, 6.45) is 11.9. The fraction of sp³-hybridized carbons (Fsp3) is 0.818. The second-order valence-corrected chi connectivity index (χ2v) is 3.86. The summed E-state index contributed by atoms with van der Waals surface area (Å²) in [4.78, 5) is 0. The van der Waals surface area contributed by atoms with E-state index >= 15 is 0 Å². The van der Waals surface area contributed by atoms with E-state index in [-0.39, 0.29) is 0 Å². The summed E-state index contributed by atoms with van der Waals surface area (Å²) in [5, 5.41) is 10.1. The zero-order valence-corrected chi connectivity index (χ0v) is 8.05. The van der Waals surface area contributed by atoms with Gasteiger partial charge in [-0.15, -0.1) is 0 Å². The monoisotopic (exact) mass is 168 g/mol. The van der Waals surface area contributed by atoms with E-state index in [4.69, 9.17) is 0 Å². The molecule has 1 atom stereocenters. The van der Waals surface area contributed by atoms with Crippen LogP contribution in [0.3, 0.4) is 0 Å². The van der Waals surface area contributed by atoms with Gasteiger partial charge in [-0.25, -0.2) is 0 Å². The van der Waals surface area contributed by atoms with Crippen LogP contribution in [0.25, 0.3) is 0 Å². The molecular formula is C11H20O. The second kappa shape index (κ2) is 4.66. The summed E-state index contributed by atoms with van der Waals surface area (Å²) in [6.45, 7) is 2.17. The minimum atomic E-state index is -0.466. The van der Waals surface area contributed by atoms with Gasteiger partial charge in [0.2, 0.25) is 0 Å². The van der Waals surface area contributed by atoms with Crippen molar-refractivity contribution >= 4 is 0 Å². The molecule has 0 saturated heterocycles. The van der Waals surface area contributed by atoms with Crippen LogP contribution in [-0.4, -0.2) is 10.7 Å². The number of hydrogen-bond donors (Lipinski definition) is 1. The SMILES string of the molecule is CCCC[C@]1(O)C=CCCCC1. The van der Waals surface area contributed by atoms with Crippen molar-refractivity contribution in [1.29, 1.82) is 0 Å². The molecule has 1 N–H and O–H groups in total. The largest absolute Gasteiger partial charge is 0.386 e. The third kappa shape index (κ3) is 2.98. The van der Waals surface area contributed by atoms with Crippen LogP contribution in [-0.2, 0) is 0 Å². The number of aliphatic hydroxyl groups is 1. The molecule has 1 aliphatic carbocycles. The van der Waals surface area contributed by atoms with Gasteiger partial charge in [0.15, 0.2) is 0 Å². The predicted molar refractivity (Wildman–Crippen MR) is 52.1 cm³/mol. The smallest absolute Gasteiger partial charge is 0.0827 e. The highest BCUT2D eigenvalue weighted by atomic mass is 16.3. The van der Waals surface area contributed by atoms with Crippen LogP contribution in [0.5, 0.6) is 0 Å². The van der Waals surface area contributed by atoms with Crippen molar-refractivity contribution in [3.8, 4) is 0 Å². The topological polar surface area (TPSA) is 20.2 Å². The van der Waals surface area contributed by atoms with Crippen molar-refractivity contribution in [3.05, 3.63) is 12.2 Å². The molecule has 0 fully saturated rings. The maximum atomic E-state index is 10.1. The molecule has 1 heteroatoms. The maximum Gasteiger partial charge on any atom is 0.0827 e. The highest BCUT2D eigenvalue weighted by molar-refractivity contribution is 5.02. The Bertz CT molecular complexity index is 151. The van der Waals surface area contributed by atoms with E-state index in [1.807, 2.05) is 6.08 Å². The first-order valence-corrected chi connectivity index (χ1v) is 5.17. The molecule has 1 rings (SSSR count). The molecule has 0 spiro atoms. The molecule has 0 aromatic rings. The molecule has 0 aliphatic heterocycles. The van der Waals surface area contributed by atoms with Crippen molar-refractivity contribution in [2.24, 2.45) is 0 Å². The molecule has 1 nitrogen and oxygen atoms in total. The van der Waals surface area contributed by atoms with Crippen LogP contribution in [0.15, 0.2) is 12.2 Å². The summed E-state index contributed by atoms with van der Waals surface area (Å²) in [5.41, 5.74) is -0.466. The minimum absolute atomic E-state index is 0.466. The zero-order valence-electron chi connectivity index (χ0n) is 8.05. The summed E-state index contributed by atoms with van der Waals surface area (Å²) in [5.74, 6) is 0. The Kier molecular flexibility index (Phi) is 3.80. The van der Waals surface area contributed by atoms with Gasteiger partial charge in [0.1, 0.15) is 0 Å². The van der Waals surface area contributed by atoms with Crippen molar-refractivity contribution in [1.82, 2.24) is 0 Å². The lowest BCUT2D eigenvalue weighted by molar-refractivity contribution is 0.0690. The standard InChI is InChI=1S/C11H20O/c1-2-3-8-11(12)9-6-4-5-7-10-11/h6,9,12H,2-5,7-8,10H2,1H3/t11-/m0/s1. The van der Waals surface area contributed by atoms with Crippen LogP contribution < -0.4 is 0 Å². The van der Waals surface area contributed by atoms with Gasteiger partial charge in [-0.2, -0.15) is 0 Å². The molecule has 0 bridgehead atoms. The highest BCUT2D eigenvalue weighted by Crippen LogP contribution is 2.26. The average Bonchev–Trinajstić information content (AvgIpc) is 2.27. The van der Waals surface area contributed by atoms with Crippen LogP contribution in [0.2, 0.25) is 0 Å². The fourth-order valence-electron chi connectivity index (χ4n) is 1.77. The minimum Gasteiger partial charge on any atom is -0.386 e. The van der Waals surface area contributed by atoms with Crippen molar-refractivity contribution in [3.63, 3.8) is 0 Å². The first-order chi connectivity index (χ1) is 5.77. The van der Waals surface area contributed by atoms with Crippen molar-refractivity contribution in [2.45, 2.75) is 57.5 Å². The molecule has 0 aromatic carbocycles. The summed E-state index contributed by atoms with van der Waals surface area (Å²) >= 11 is 0. The molecule has 1 aliphatic rings. The number of hydrogen-bond acceptors (Lipinski definition) is 1. The van der Waals surface area contributed by atoms with Gasteiger partial charge in [-0.3, -0.25) is 0 Å². The normalized spacial score (nSPS) is 30.2. The van der Waals surface area contributed by atoms with E-state index in [2.05, 4.69) is 13.0 Å². The fourth-order valence-corrected chi connectivity index (χ4v) is 1.77. The van der Waals surface area contributed by atoms with E-state index in [1.165, 1.54) is 19.3 Å². The van der Waals surface area contributed by atoms with Crippen molar-refractivity contribution < 1.29 is 5.11 Å². The molecule has 0 heterocycles. The Morgan fingerprint density at radius 1 is 1.42 bits per heavy atom. The zero-order chi connectivity index (χ0) is 8.86. The molecule has 0 saturated carbocycles. The van der Waals surface area contributed by atoms with Crippen molar-refractivity contribution in [2.75, 3.05) is 0 Å². The first-order valence-electron chi connectivity index (χ1n) is 5.17. The third-order valence-corrected chi connectivity index (χ3v) is 2.62. The van der Waals surface area contributed by atoms with Gasteiger partial charge in [-0.05, 0) is 32.1 Å². The number of unbranched alkanes of at least 4 members (excludes halogenated alkanes) is 1. The average molecular weight is 168 g/mol. The lowest BCUT2D eigenvalue weighted by atomic mass is 9.92. The first kappa shape index (κ1) is 9.79. The molecule has 70 valence electrons. The lowest BCUT2D eigenvalue weighted by Gasteiger charge is -2.23. The Morgan fingerprint density at radius 3 is 3.00 bits per heavy atom. The Labute approximate surface area is 75.5 Å². The van der Waals surface area contributed by atoms with Crippen LogP contribution in [0.4, 0.5) is 0 Å². The number of rotatable bonds is 3. The van der Waals surface area contributed by atoms with E-state index in [0.717, 1.165) is 25.7 Å². The van der Waals surface area contributed by atoms with Gasteiger partial charge in [0, 0.05) is 0 Å². The third-order valence-electron chi connectivity index (χ3n) is 2.62. The van der Waals surface area contributed by atoms with Crippen LogP contribution in [0, 0.1) is 0 Å². The van der Waals surface area contributed by atoms with Gasteiger partial charge < -0.3 is 5.11 Å². The van der Waals surface area contributed by atoms with Crippen LogP contribution >= 0.6 is 0 Å². The Hall–Kier alpha value is -0.300. The van der Waals surface area contributed by atoms with Gasteiger partial charge in [-0.1, -0.05) is 31.9 Å². The predicted octanol–water partition coefficient (Wildman–Crippen LogP) is 3.04. The summed E-state index contributed by atoms with van der Waals surface area (Å²) in [6, 6.07) is 0. The van der Waals surface area contributed by atoms with Gasteiger partial charge in [0.25, 0.3) is 0 Å². The highest BCUT2D eigenvalue weighted by Gasteiger charge is 2.22. The molecular weight excluding hydrogens is 148 g/mol. The maximum absolute atomic E-state index is 10.1. The van der Waals surface area contributed by atoms with Gasteiger partial charge in [0.05, 0.1) is 5.60 Å². The van der Waals surface area contributed by atoms with Gasteiger partial charge >= 0.3 is 0 Å². The Balaban J connectivity index is 2.42. The summed E-state index contributed by atoms with van der Waals surface area (Å²) in [7, 11) is 0. The summed E-state index contributed by atoms with van der Waals surface area (Å²) < 4.78 is 0. The van der Waals surface area contributed by atoms with E-state index in [9.17, 15) is 5.11 Å². The van der Waals surface area contributed by atoms with E-state index in [0.29, 0.717) is 0 Å². The second-order valence-electron chi connectivity index (χ2n) is 3.86. The molecule has 12 heavy (non-hydrogen) atoms. The molecule has 0 unspecified atom stereocenters. The number of allylic oxidation sites excluding steroid dienone is 1. The Morgan fingerprint density at radius 2 is 2.25 bits per heavy atom. The van der Waals surface area contributed by atoms with E-state index in [1.54, 1.807) is 0 Å². The molecule has 0 amide bonds. The quantitative estimate of drug-likeness (QED) is 0.642. The molecule has 0 radical (unpaired) electrons. The lowest BCUT2D eigenvalue weighted by Crippen LogP contribution is -2.24.